The largest absolute Gasteiger partial charge is 0.349 e. The Kier molecular flexibility index (Phi) is 3.97. The molecule has 1 aliphatic heterocycles. The van der Waals surface area contributed by atoms with Gasteiger partial charge in [-0.1, -0.05) is 0 Å². The maximum atomic E-state index is 14.4. The second-order valence-electron chi connectivity index (χ2n) is 6.78. The fraction of sp³-hybridized carbons (Fsp3) is 0.333. The van der Waals surface area contributed by atoms with E-state index in [0.29, 0.717) is 25.3 Å². The smallest absolute Gasteiger partial charge is 0.177 e. The van der Waals surface area contributed by atoms with Crippen molar-refractivity contribution in [1.29, 1.82) is 0 Å². The van der Waals surface area contributed by atoms with Gasteiger partial charge in [-0.25, -0.2) is 4.39 Å². The average molecular weight is 387 g/mol. The van der Waals surface area contributed by atoms with Crippen molar-refractivity contribution in [2.45, 2.75) is 18.9 Å². The van der Waals surface area contributed by atoms with Gasteiger partial charge in [0.1, 0.15) is 10.3 Å². The molecule has 0 aliphatic carbocycles. The zero-order valence-electron chi connectivity index (χ0n) is 14.6. The van der Waals surface area contributed by atoms with Crippen molar-refractivity contribution in [2.24, 2.45) is 12.8 Å². The number of hydrogen-bond donors (Lipinski definition) is 1. The lowest BCUT2D eigenvalue weighted by Crippen LogP contribution is -2.42. The molecule has 1 aliphatic rings. The third-order valence-electron chi connectivity index (χ3n) is 4.54. The topological polar surface area (TPSA) is 80.1 Å². The lowest BCUT2D eigenvalue weighted by molar-refractivity contribution is -0.192. The molecule has 140 valence electrons. The Bertz CT molecular complexity index is 1090. The molecule has 4 aromatic rings. The molecule has 9 heteroatoms. The molecule has 0 atom stereocenters. The summed E-state index contributed by atoms with van der Waals surface area (Å²) < 4.78 is 28.9. The first-order chi connectivity index (χ1) is 13.0. The number of aryl methyl sites for hydroxylation is 1. The molecule has 0 amide bonds. The molecule has 1 saturated heterocycles. The molecular weight excluding hydrogens is 369 g/mol. The van der Waals surface area contributed by atoms with Gasteiger partial charge in [0, 0.05) is 35.1 Å². The number of hydrogen-bond acceptors (Lipinski definition) is 6. The molecule has 0 bridgehead atoms. The lowest BCUT2D eigenvalue weighted by Gasteiger charge is -2.27. The predicted molar refractivity (Wildman–Crippen MR) is 101 cm³/mol. The van der Waals surface area contributed by atoms with Gasteiger partial charge in [-0.05, 0) is 23.8 Å². The number of halogens is 1. The van der Waals surface area contributed by atoms with Crippen LogP contribution < -0.4 is 5.73 Å². The zero-order chi connectivity index (χ0) is 18.5. The Morgan fingerprint density at radius 3 is 2.78 bits per heavy atom. The number of nitrogens with zero attached hydrogens (tertiary/aromatic N) is 4. The van der Waals surface area contributed by atoms with E-state index in [0.717, 1.165) is 26.0 Å². The van der Waals surface area contributed by atoms with Gasteiger partial charge < -0.3 is 15.2 Å². The molecule has 3 aromatic heterocycles. The molecule has 7 nitrogen and oxygen atoms in total. The number of rotatable bonds is 3. The first kappa shape index (κ1) is 16.8. The summed E-state index contributed by atoms with van der Waals surface area (Å²) in [5.74, 6) is -0.316. The van der Waals surface area contributed by atoms with Crippen LogP contribution in [-0.4, -0.2) is 45.1 Å². The highest BCUT2D eigenvalue weighted by molar-refractivity contribution is 7.21. The number of thiophene rings is 1. The van der Waals surface area contributed by atoms with Gasteiger partial charge in [-0.15, -0.1) is 11.3 Å². The van der Waals surface area contributed by atoms with Crippen LogP contribution in [0, 0.1) is 5.82 Å². The Hall–Kier alpha value is -2.33. The summed E-state index contributed by atoms with van der Waals surface area (Å²) in [6.45, 7) is 1.50. The second kappa shape index (κ2) is 6.38. The summed E-state index contributed by atoms with van der Waals surface area (Å²) in [6.07, 6.45) is 3.44. The van der Waals surface area contributed by atoms with E-state index in [1.807, 2.05) is 29.2 Å². The van der Waals surface area contributed by atoms with Crippen molar-refractivity contribution in [3.05, 3.63) is 36.4 Å². The zero-order valence-corrected chi connectivity index (χ0v) is 15.4. The van der Waals surface area contributed by atoms with E-state index in [1.54, 1.807) is 11.7 Å². The molecule has 0 unspecified atom stereocenters. The van der Waals surface area contributed by atoms with E-state index >= 15 is 0 Å². The SMILES string of the molecule is Cn1cc2cc(-c3cc4cn(CC5OCC(N)CO5)nc4s3)cc(F)c2n1. The van der Waals surface area contributed by atoms with Crippen LogP contribution in [0.4, 0.5) is 4.39 Å². The first-order valence-electron chi connectivity index (χ1n) is 8.64. The Morgan fingerprint density at radius 1 is 1.19 bits per heavy atom. The normalized spacial score (nSPS) is 20.7. The molecule has 1 aromatic carbocycles. The van der Waals surface area contributed by atoms with Crippen LogP contribution >= 0.6 is 11.3 Å². The van der Waals surface area contributed by atoms with Gasteiger partial charge >= 0.3 is 0 Å². The van der Waals surface area contributed by atoms with Crippen LogP contribution in [0.2, 0.25) is 0 Å². The average Bonchev–Trinajstić information content (AvgIpc) is 3.29. The quantitative estimate of drug-likeness (QED) is 0.584. The number of fused-ring (bicyclic) bond motifs is 2. The van der Waals surface area contributed by atoms with Gasteiger partial charge in [-0.2, -0.15) is 10.2 Å². The number of aromatic nitrogens is 4. The second-order valence-corrected chi connectivity index (χ2v) is 7.81. The van der Waals surface area contributed by atoms with Crippen molar-refractivity contribution in [3.8, 4) is 10.4 Å². The van der Waals surface area contributed by atoms with Crippen LogP contribution in [0.25, 0.3) is 31.6 Å². The van der Waals surface area contributed by atoms with Gasteiger partial charge in [0.15, 0.2) is 12.1 Å². The van der Waals surface area contributed by atoms with E-state index < -0.39 is 0 Å². The van der Waals surface area contributed by atoms with Gasteiger partial charge in [0.2, 0.25) is 0 Å². The van der Waals surface area contributed by atoms with E-state index in [4.69, 9.17) is 15.2 Å². The highest BCUT2D eigenvalue weighted by Gasteiger charge is 2.21. The van der Waals surface area contributed by atoms with Crippen LogP contribution in [0.1, 0.15) is 0 Å². The summed E-state index contributed by atoms with van der Waals surface area (Å²) in [4.78, 5) is 1.87. The summed E-state index contributed by atoms with van der Waals surface area (Å²) in [6, 6.07) is 5.44. The Balaban J connectivity index is 1.41. The lowest BCUT2D eigenvalue weighted by atomic mass is 10.1. The molecule has 0 radical (unpaired) electrons. The van der Waals surface area contributed by atoms with Gasteiger partial charge in [0.05, 0.1) is 25.8 Å². The number of ether oxygens (including phenoxy) is 2. The van der Waals surface area contributed by atoms with Crippen molar-refractivity contribution in [1.82, 2.24) is 19.6 Å². The van der Waals surface area contributed by atoms with Gasteiger partial charge in [-0.3, -0.25) is 9.36 Å². The molecule has 0 spiro atoms. The third-order valence-corrected chi connectivity index (χ3v) is 5.62. The minimum absolute atomic E-state index is 0.0672. The summed E-state index contributed by atoms with van der Waals surface area (Å²) in [7, 11) is 1.79. The van der Waals surface area contributed by atoms with Crippen LogP contribution in [0.5, 0.6) is 0 Å². The molecule has 27 heavy (non-hydrogen) atoms. The van der Waals surface area contributed by atoms with E-state index in [2.05, 4.69) is 10.2 Å². The van der Waals surface area contributed by atoms with E-state index in [1.165, 1.54) is 17.4 Å². The molecule has 1 fully saturated rings. The van der Waals surface area contributed by atoms with Crippen LogP contribution in [0.3, 0.4) is 0 Å². The molecule has 5 rings (SSSR count). The first-order valence-corrected chi connectivity index (χ1v) is 9.46. The maximum Gasteiger partial charge on any atom is 0.177 e. The fourth-order valence-electron chi connectivity index (χ4n) is 3.28. The van der Waals surface area contributed by atoms with E-state index in [9.17, 15) is 4.39 Å². The summed E-state index contributed by atoms with van der Waals surface area (Å²) >= 11 is 1.53. The standard InChI is InChI=1S/C18H18FN5O2S/c1-23-5-11-2-10(3-14(19)17(11)21-23)15-4-12-6-24(22-18(12)27-15)7-16-25-8-13(20)9-26-16/h2-6,13,16H,7-9,20H2,1H3. The van der Waals surface area contributed by atoms with Crippen LogP contribution in [-0.2, 0) is 23.1 Å². The molecule has 0 saturated carbocycles. The Morgan fingerprint density at radius 2 is 2.00 bits per heavy atom. The van der Waals surface area contributed by atoms with Crippen molar-refractivity contribution in [2.75, 3.05) is 13.2 Å². The Labute approximate surface area is 158 Å². The van der Waals surface area contributed by atoms with Crippen molar-refractivity contribution in [3.63, 3.8) is 0 Å². The molecule has 4 heterocycles. The number of nitrogens with two attached hydrogens (primary N) is 1. The summed E-state index contributed by atoms with van der Waals surface area (Å²) in [5.41, 5.74) is 6.97. The third kappa shape index (κ3) is 3.12. The van der Waals surface area contributed by atoms with Crippen molar-refractivity contribution >= 4 is 32.5 Å². The molecule has 2 N–H and O–H groups in total. The molecular formula is C18H18FN5O2S. The maximum absolute atomic E-state index is 14.4. The van der Waals surface area contributed by atoms with Gasteiger partial charge in [0.25, 0.3) is 0 Å². The minimum Gasteiger partial charge on any atom is -0.349 e. The fourth-order valence-corrected chi connectivity index (χ4v) is 4.28. The van der Waals surface area contributed by atoms with E-state index in [-0.39, 0.29) is 18.1 Å². The highest BCUT2D eigenvalue weighted by atomic mass is 32.1. The number of benzene rings is 1. The highest BCUT2D eigenvalue weighted by Crippen LogP contribution is 2.35. The monoisotopic (exact) mass is 387 g/mol. The van der Waals surface area contributed by atoms with Crippen molar-refractivity contribution < 1.29 is 13.9 Å². The van der Waals surface area contributed by atoms with Crippen LogP contribution in [0.15, 0.2) is 30.6 Å². The summed E-state index contributed by atoms with van der Waals surface area (Å²) in [5, 5.41) is 10.5. The minimum atomic E-state index is -0.333. The predicted octanol–water partition coefficient (Wildman–Crippen LogP) is 2.49.